The second-order valence-electron chi connectivity index (χ2n) is 4.97. The van der Waals surface area contributed by atoms with Crippen molar-refractivity contribution in [2.75, 3.05) is 0 Å². The summed E-state index contributed by atoms with van der Waals surface area (Å²) in [6.07, 6.45) is 6.23. The van der Waals surface area contributed by atoms with E-state index in [1.165, 1.54) is 12.1 Å². The normalized spacial score (nSPS) is 17.4. The van der Waals surface area contributed by atoms with Crippen molar-refractivity contribution >= 4 is 23.8 Å². The van der Waals surface area contributed by atoms with Crippen LogP contribution in [0.3, 0.4) is 0 Å². The first-order valence-electron chi connectivity index (χ1n) is 6.33. The van der Waals surface area contributed by atoms with Gasteiger partial charge in [-0.05, 0) is 43.0 Å². The Morgan fingerprint density at radius 1 is 1.35 bits per heavy atom. The monoisotopic (exact) mass is 293 g/mol. The minimum atomic E-state index is -0.445. The third-order valence-corrected chi connectivity index (χ3v) is 3.78. The largest absolute Gasteiger partial charge is 0.335 e. The zero-order valence-electron chi connectivity index (χ0n) is 10.6. The summed E-state index contributed by atoms with van der Waals surface area (Å²) in [6, 6.07) is 4.46. The van der Waals surface area contributed by atoms with Gasteiger partial charge in [0, 0.05) is 6.08 Å². The van der Waals surface area contributed by atoms with Gasteiger partial charge in [-0.25, -0.2) is 4.39 Å². The van der Waals surface area contributed by atoms with Crippen molar-refractivity contribution < 1.29 is 8.91 Å². The fraction of sp³-hybridized carbons (Fsp3) is 0.286. The highest BCUT2D eigenvalue weighted by Crippen LogP contribution is 2.36. The SMILES string of the molecule is NC1(c2noc(/C=C/c3ccc(F)c(Cl)c3)n2)CCC1. The summed E-state index contributed by atoms with van der Waals surface area (Å²) in [4.78, 5) is 4.26. The molecule has 4 nitrogen and oxygen atoms in total. The second-order valence-corrected chi connectivity index (χ2v) is 5.38. The molecule has 1 aliphatic carbocycles. The van der Waals surface area contributed by atoms with Crippen molar-refractivity contribution in [3.05, 3.63) is 46.3 Å². The van der Waals surface area contributed by atoms with E-state index >= 15 is 0 Å². The molecule has 3 rings (SSSR count). The number of benzene rings is 1. The Hall–Kier alpha value is -1.72. The van der Waals surface area contributed by atoms with E-state index in [1.807, 2.05) is 0 Å². The highest BCUT2D eigenvalue weighted by molar-refractivity contribution is 6.30. The van der Waals surface area contributed by atoms with Crippen LogP contribution in [0.15, 0.2) is 22.7 Å². The molecule has 0 unspecified atom stereocenters. The van der Waals surface area contributed by atoms with E-state index in [4.69, 9.17) is 21.9 Å². The molecule has 1 aliphatic rings. The minimum Gasteiger partial charge on any atom is -0.335 e. The van der Waals surface area contributed by atoms with Crippen molar-refractivity contribution in [2.45, 2.75) is 24.8 Å². The fourth-order valence-corrected chi connectivity index (χ4v) is 2.26. The highest BCUT2D eigenvalue weighted by atomic mass is 35.5. The summed E-state index contributed by atoms with van der Waals surface area (Å²) in [6.45, 7) is 0. The summed E-state index contributed by atoms with van der Waals surface area (Å²) in [5, 5.41) is 3.98. The third kappa shape index (κ3) is 2.46. The Labute approximate surface area is 120 Å². The van der Waals surface area contributed by atoms with E-state index in [0.29, 0.717) is 11.7 Å². The van der Waals surface area contributed by atoms with Gasteiger partial charge >= 0.3 is 0 Å². The smallest absolute Gasteiger partial charge is 0.250 e. The third-order valence-electron chi connectivity index (χ3n) is 3.49. The molecule has 6 heteroatoms. The average molecular weight is 294 g/mol. The Morgan fingerprint density at radius 3 is 2.80 bits per heavy atom. The van der Waals surface area contributed by atoms with Gasteiger partial charge in [0.15, 0.2) is 5.82 Å². The number of rotatable bonds is 3. The molecule has 1 fully saturated rings. The Morgan fingerprint density at radius 2 is 2.15 bits per heavy atom. The molecule has 1 aromatic heterocycles. The van der Waals surface area contributed by atoms with Crippen molar-refractivity contribution in [1.82, 2.24) is 10.1 Å². The lowest BCUT2D eigenvalue weighted by Gasteiger charge is -2.34. The molecule has 20 heavy (non-hydrogen) atoms. The summed E-state index contributed by atoms with van der Waals surface area (Å²) < 4.78 is 18.2. The predicted molar refractivity (Wildman–Crippen MR) is 74.4 cm³/mol. The molecule has 1 heterocycles. The van der Waals surface area contributed by atoms with Gasteiger partial charge in [0.2, 0.25) is 0 Å². The average Bonchev–Trinajstić information content (AvgIpc) is 2.86. The van der Waals surface area contributed by atoms with Crippen LogP contribution >= 0.6 is 11.6 Å². The Balaban J connectivity index is 1.77. The van der Waals surface area contributed by atoms with Crippen LogP contribution in [0, 0.1) is 5.82 Å². The van der Waals surface area contributed by atoms with E-state index < -0.39 is 11.4 Å². The van der Waals surface area contributed by atoms with Crippen LogP contribution in [0.2, 0.25) is 5.02 Å². The van der Waals surface area contributed by atoms with Gasteiger partial charge < -0.3 is 10.3 Å². The van der Waals surface area contributed by atoms with Gasteiger partial charge in [0.25, 0.3) is 5.89 Å². The first-order chi connectivity index (χ1) is 9.57. The quantitative estimate of drug-likeness (QED) is 0.942. The van der Waals surface area contributed by atoms with Crippen molar-refractivity contribution in [3.63, 3.8) is 0 Å². The van der Waals surface area contributed by atoms with E-state index in [-0.39, 0.29) is 5.02 Å². The summed E-state index contributed by atoms with van der Waals surface area (Å²) in [7, 11) is 0. The zero-order chi connectivity index (χ0) is 14.2. The van der Waals surface area contributed by atoms with Crippen LogP contribution < -0.4 is 5.73 Å². The minimum absolute atomic E-state index is 0.0775. The molecule has 2 aromatic rings. The lowest BCUT2D eigenvalue weighted by molar-refractivity contribution is 0.229. The van der Waals surface area contributed by atoms with Crippen molar-refractivity contribution in [2.24, 2.45) is 5.73 Å². The number of aromatic nitrogens is 2. The first kappa shape index (κ1) is 13.3. The maximum atomic E-state index is 13.0. The number of halogens is 2. The van der Waals surface area contributed by atoms with E-state index in [1.54, 1.807) is 18.2 Å². The molecule has 1 saturated carbocycles. The van der Waals surface area contributed by atoms with Gasteiger partial charge in [-0.1, -0.05) is 22.8 Å². The molecule has 0 amide bonds. The van der Waals surface area contributed by atoms with Crippen LogP contribution in [0.4, 0.5) is 4.39 Å². The number of nitrogens with zero attached hydrogens (tertiary/aromatic N) is 2. The molecule has 0 spiro atoms. The maximum Gasteiger partial charge on any atom is 0.250 e. The van der Waals surface area contributed by atoms with E-state index in [9.17, 15) is 4.39 Å². The van der Waals surface area contributed by atoms with Crippen molar-refractivity contribution in [3.8, 4) is 0 Å². The van der Waals surface area contributed by atoms with E-state index in [0.717, 1.165) is 24.8 Å². The number of hydrogen-bond acceptors (Lipinski definition) is 4. The Bertz CT molecular complexity index is 664. The molecule has 2 N–H and O–H groups in total. The van der Waals surface area contributed by atoms with Crippen LogP contribution in [-0.2, 0) is 5.54 Å². The number of nitrogens with two attached hydrogens (primary N) is 1. The van der Waals surface area contributed by atoms with Crippen LogP contribution in [0.25, 0.3) is 12.2 Å². The molecule has 104 valence electrons. The van der Waals surface area contributed by atoms with Gasteiger partial charge in [-0.15, -0.1) is 0 Å². The van der Waals surface area contributed by atoms with Gasteiger partial charge in [-0.3, -0.25) is 0 Å². The lowest BCUT2D eigenvalue weighted by Crippen LogP contribution is -2.44. The summed E-state index contributed by atoms with van der Waals surface area (Å²) >= 11 is 5.71. The molecule has 0 bridgehead atoms. The molecule has 0 aliphatic heterocycles. The highest BCUT2D eigenvalue weighted by Gasteiger charge is 2.38. The summed E-state index contributed by atoms with van der Waals surface area (Å²) in [5.41, 5.74) is 6.43. The van der Waals surface area contributed by atoms with Gasteiger partial charge in [-0.2, -0.15) is 4.98 Å². The lowest BCUT2D eigenvalue weighted by atomic mass is 9.77. The standard InChI is InChI=1S/C14H13ClFN3O/c15-10-8-9(2-4-11(10)16)3-5-12-18-13(19-20-12)14(17)6-1-7-14/h2-5,8H,1,6-7,17H2/b5-3+. The van der Waals surface area contributed by atoms with Crippen molar-refractivity contribution in [1.29, 1.82) is 0 Å². The summed E-state index contributed by atoms with van der Waals surface area (Å²) in [5.74, 6) is 0.469. The number of hydrogen-bond donors (Lipinski definition) is 1. The van der Waals surface area contributed by atoms with Gasteiger partial charge in [0.05, 0.1) is 10.6 Å². The van der Waals surface area contributed by atoms with Crippen LogP contribution in [0.1, 0.15) is 36.5 Å². The second kappa shape index (κ2) is 5.00. The first-order valence-corrected chi connectivity index (χ1v) is 6.71. The van der Waals surface area contributed by atoms with Crippen LogP contribution in [-0.4, -0.2) is 10.1 Å². The zero-order valence-corrected chi connectivity index (χ0v) is 11.4. The molecule has 1 aromatic carbocycles. The Kier molecular flexibility index (Phi) is 3.31. The molecular formula is C14H13ClFN3O. The van der Waals surface area contributed by atoms with E-state index in [2.05, 4.69) is 10.1 Å². The molecule has 0 radical (unpaired) electrons. The molecular weight excluding hydrogens is 281 g/mol. The topological polar surface area (TPSA) is 64.9 Å². The predicted octanol–water partition coefficient (Wildman–Crippen LogP) is 3.37. The fourth-order valence-electron chi connectivity index (χ4n) is 2.07. The molecule has 0 atom stereocenters. The van der Waals surface area contributed by atoms with Gasteiger partial charge in [0.1, 0.15) is 5.82 Å². The molecule has 0 saturated heterocycles. The maximum absolute atomic E-state index is 13.0. The van der Waals surface area contributed by atoms with Crippen LogP contribution in [0.5, 0.6) is 0 Å².